The predicted molar refractivity (Wildman–Crippen MR) is 109 cm³/mol. The molecule has 1 saturated heterocycles. The van der Waals surface area contributed by atoms with E-state index in [1.807, 2.05) is 6.92 Å². The second-order valence-corrected chi connectivity index (χ2v) is 7.97. The average Bonchev–Trinajstić information content (AvgIpc) is 3.10. The van der Waals surface area contributed by atoms with Crippen molar-refractivity contribution in [3.63, 3.8) is 0 Å². The van der Waals surface area contributed by atoms with Crippen LogP contribution in [0.25, 0.3) is 21.3 Å². The Kier molecular flexibility index (Phi) is 5.13. The van der Waals surface area contributed by atoms with Gasteiger partial charge in [0, 0.05) is 22.8 Å². The quantitative estimate of drug-likeness (QED) is 0.727. The molecule has 1 atom stereocenters. The molecule has 136 valence electrons. The van der Waals surface area contributed by atoms with Gasteiger partial charge in [-0.1, -0.05) is 13.0 Å². The van der Waals surface area contributed by atoms with Gasteiger partial charge in [-0.25, -0.2) is 4.98 Å². The number of thiophene rings is 1. The Labute approximate surface area is 158 Å². The summed E-state index contributed by atoms with van der Waals surface area (Å²) in [4.78, 5) is 7.20. The number of fused-ring (bicyclic) bond motifs is 1. The third-order valence-corrected chi connectivity index (χ3v) is 5.86. The molecule has 1 fully saturated rings. The number of anilines is 1. The van der Waals surface area contributed by atoms with E-state index in [2.05, 4.69) is 62.0 Å². The molecule has 0 aliphatic carbocycles. The first-order chi connectivity index (χ1) is 12.7. The lowest BCUT2D eigenvalue weighted by Crippen LogP contribution is -2.42. The number of rotatable bonds is 5. The van der Waals surface area contributed by atoms with Gasteiger partial charge in [0.15, 0.2) is 0 Å². The van der Waals surface area contributed by atoms with Gasteiger partial charge < -0.3 is 10.2 Å². The number of nitrogens with one attached hydrogen (secondary N) is 1. The van der Waals surface area contributed by atoms with Gasteiger partial charge in [0.05, 0.1) is 5.69 Å². The van der Waals surface area contributed by atoms with Gasteiger partial charge in [0.1, 0.15) is 5.69 Å². The van der Waals surface area contributed by atoms with Crippen LogP contribution in [0.2, 0.25) is 0 Å². The highest BCUT2D eigenvalue weighted by Gasteiger charge is 2.20. The molecule has 3 heterocycles. The van der Waals surface area contributed by atoms with Crippen LogP contribution in [-0.4, -0.2) is 45.8 Å². The van der Waals surface area contributed by atoms with Crippen LogP contribution in [0.5, 0.6) is 0 Å². The van der Waals surface area contributed by atoms with Gasteiger partial charge in [0.2, 0.25) is 5.95 Å². The minimum absolute atomic E-state index is 0.407. The second kappa shape index (κ2) is 7.68. The summed E-state index contributed by atoms with van der Waals surface area (Å²) < 4.78 is 1.29. The van der Waals surface area contributed by atoms with Crippen molar-refractivity contribution in [3.05, 3.63) is 35.3 Å². The molecule has 0 amide bonds. The molecular formula is C20H25N5S. The highest BCUT2D eigenvalue weighted by molar-refractivity contribution is 7.17. The molecule has 0 unspecified atom stereocenters. The molecular weight excluding hydrogens is 342 g/mol. The summed E-state index contributed by atoms with van der Waals surface area (Å²) in [5, 5.41) is 15.7. The topological polar surface area (TPSA) is 53.9 Å². The molecule has 26 heavy (non-hydrogen) atoms. The second-order valence-electron chi connectivity index (χ2n) is 7.03. The molecule has 5 nitrogen and oxygen atoms in total. The fraction of sp³-hybridized carbons (Fsp3) is 0.450. The lowest BCUT2D eigenvalue weighted by Gasteiger charge is -2.32. The predicted octanol–water partition coefficient (Wildman–Crippen LogP) is 4.35. The first-order valence-electron chi connectivity index (χ1n) is 9.41. The van der Waals surface area contributed by atoms with Crippen LogP contribution in [-0.2, 0) is 0 Å². The van der Waals surface area contributed by atoms with Crippen molar-refractivity contribution in [1.29, 1.82) is 0 Å². The number of nitrogens with zero attached hydrogens (tertiary/aromatic N) is 4. The summed E-state index contributed by atoms with van der Waals surface area (Å²) in [5.41, 5.74) is 2.85. The normalized spacial score (nSPS) is 18.3. The van der Waals surface area contributed by atoms with Crippen LogP contribution >= 0.6 is 11.3 Å². The van der Waals surface area contributed by atoms with Crippen molar-refractivity contribution < 1.29 is 0 Å². The molecule has 1 aliphatic heterocycles. The van der Waals surface area contributed by atoms with Crippen molar-refractivity contribution >= 4 is 27.4 Å². The largest absolute Gasteiger partial charge is 0.349 e. The molecule has 2 aromatic heterocycles. The van der Waals surface area contributed by atoms with E-state index in [0.717, 1.165) is 23.5 Å². The highest BCUT2D eigenvalue weighted by atomic mass is 32.1. The van der Waals surface area contributed by atoms with Crippen molar-refractivity contribution in [2.45, 2.75) is 39.2 Å². The van der Waals surface area contributed by atoms with Gasteiger partial charge in [-0.15, -0.1) is 21.5 Å². The molecule has 1 N–H and O–H groups in total. The van der Waals surface area contributed by atoms with Crippen LogP contribution < -0.4 is 5.32 Å². The van der Waals surface area contributed by atoms with E-state index in [1.165, 1.54) is 42.4 Å². The minimum atomic E-state index is 0.407. The number of hydrogen-bond acceptors (Lipinski definition) is 6. The van der Waals surface area contributed by atoms with Crippen molar-refractivity contribution in [1.82, 2.24) is 20.1 Å². The molecule has 0 radical (unpaired) electrons. The molecule has 6 heteroatoms. The maximum absolute atomic E-state index is 4.68. The van der Waals surface area contributed by atoms with Crippen molar-refractivity contribution in [3.8, 4) is 11.3 Å². The van der Waals surface area contributed by atoms with Crippen molar-refractivity contribution in [2.24, 2.45) is 0 Å². The molecule has 4 rings (SSSR count). The number of hydrogen-bond donors (Lipinski definition) is 1. The number of aryl methyl sites for hydroxylation is 1. The number of benzene rings is 1. The van der Waals surface area contributed by atoms with Gasteiger partial charge in [0.25, 0.3) is 0 Å². The van der Waals surface area contributed by atoms with Crippen LogP contribution in [0.15, 0.2) is 29.6 Å². The minimum Gasteiger partial charge on any atom is -0.349 e. The van der Waals surface area contributed by atoms with Gasteiger partial charge >= 0.3 is 0 Å². The van der Waals surface area contributed by atoms with E-state index < -0.39 is 0 Å². The van der Waals surface area contributed by atoms with Crippen LogP contribution in [0.4, 0.5) is 5.95 Å². The SMILES string of the molecule is CCCN1CCC[C@@H](Nc2nnc(-c3ccc4sccc4c3)c(C)n2)C1. The Hall–Kier alpha value is -2.05. The summed E-state index contributed by atoms with van der Waals surface area (Å²) in [7, 11) is 0. The van der Waals surface area contributed by atoms with E-state index >= 15 is 0 Å². The summed E-state index contributed by atoms with van der Waals surface area (Å²) >= 11 is 1.76. The van der Waals surface area contributed by atoms with Gasteiger partial charge in [-0.3, -0.25) is 0 Å². The Morgan fingerprint density at radius 2 is 2.19 bits per heavy atom. The fourth-order valence-corrected chi connectivity index (χ4v) is 4.49. The van der Waals surface area contributed by atoms with Crippen LogP contribution in [0, 0.1) is 6.92 Å². The molecule has 0 spiro atoms. The van der Waals surface area contributed by atoms with Crippen LogP contribution in [0.3, 0.4) is 0 Å². The monoisotopic (exact) mass is 367 g/mol. The zero-order valence-electron chi connectivity index (χ0n) is 15.4. The Balaban J connectivity index is 1.50. The lowest BCUT2D eigenvalue weighted by atomic mass is 10.1. The smallest absolute Gasteiger partial charge is 0.243 e. The maximum Gasteiger partial charge on any atom is 0.243 e. The molecule has 3 aromatic rings. The van der Waals surface area contributed by atoms with E-state index in [9.17, 15) is 0 Å². The summed E-state index contributed by atoms with van der Waals surface area (Å²) in [5.74, 6) is 0.645. The maximum atomic E-state index is 4.68. The zero-order valence-corrected chi connectivity index (χ0v) is 16.2. The Morgan fingerprint density at radius 3 is 3.04 bits per heavy atom. The van der Waals surface area contributed by atoms with E-state index in [-0.39, 0.29) is 0 Å². The summed E-state index contributed by atoms with van der Waals surface area (Å²) in [6.45, 7) is 7.68. The standard InChI is InChI=1S/C20H25N5S/c1-3-9-25-10-4-5-17(13-25)22-20-21-14(2)19(23-24-20)16-6-7-18-15(12-16)8-11-26-18/h6-8,11-12,17H,3-5,9-10,13H2,1-2H3,(H,21,22,24)/t17-/m1/s1. The third-order valence-electron chi connectivity index (χ3n) is 4.97. The van der Waals surface area contributed by atoms with Gasteiger partial charge in [-0.05, 0) is 68.2 Å². The first kappa shape index (κ1) is 17.4. The first-order valence-corrected chi connectivity index (χ1v) is 10.3. The Morgan fingerprint density at radius 1 is 1.27 bits per heavy atom. The molecule has 0 saturated carbocycles. The molecule has 1 aliphatic rings. The average molecular weight is 368 g/mol. The highest BCUT2D eigenvalue weighted by Crippen LogP contribution is 2.27. The van der Waals surface area contributed by atoms with E-state index in [0.29, 0.717) is 12.0 Å². The number of aromatic nitrogens is 3. The third kappa shape index (κ3) is 3.71. The van der Waals surface area contributed by atoms with Crippen molar-refractivity contribution in [2.75, 3.05) is 25.0 Å². The Bertz CT molecular complexity index is 889. The van der Waals surface area contributed by atoms with Gasteiger partial charge in [-0.2, -0.15) is 0 Å². The fourth-order valence-electron chi connectivity index (χ4n) is 3.72. The van der Waals surface area contributed by atoms with Crippen LogP contribution in [0.1, 0.15) is 31.9 Å². The number of likely N-dealkylation sites (tertiary alicyclic amines) is 1. The zero-order chi connectivity index (χ0) is 17.9. The summed E-state index contributed by atoms with van der Waals surface area (Å²) in [6, 6.07) is 8.97. The van der Waals surface area contributed by atoms with E-state index in [4.69, 9.17) is 0 Å². The lowest BCUT2D eigenvalue weighted by molar-refractivity contribution is 0.216. The summed E-state index contributed by atoms with van der Waals surface area (Å²) in [6.07, 6.45) is 3.59. The number of piperidine rings is 1. The molecule has 1 aromatic carbocycles. The molecule has 0 bridgehead atoms. The van der Waals surface area contributed by atoms with E-state index in [1.54, 1.807) is 11.3 Å².